The molecule has 518 valence electrons. The minimum Gasteiger partial charge on any atom is -0.370 e. The SMILES string of the molecule is C/C=C/C[C@@H](C)[C@H]1OC(C)[C@H]2C(=O)N(C)[C@@H]1C(=O)N[C@@H](CC)C(=O)N(C)[C@H](C)C(=O)N(C)[C@@H]([C@H](C)CN1CCC(F)(F)C1)C(=O)N[C@@H](C(C)C)C(=O)N(C)[C@@H](CC(C)C)C(=O)N[C@@H](C)C(=O)N[C@H](C)C(=O)N(C)[C@@H](CC(C)C)C(=O)N(C)[C@@H](CC(C)C)C(=O)N2C. The Morgan fingerprint density at radius 1 is 0.527 bits per heavy atom. The summed E-state index contributed by atoms with van der Waals surface area (Å²) in [6.07, 6.45) is 2.03. The average Bonchev–Trinajstić information content (AvgIpc) is 1.78. The number of nitrogens with one attached hydrogen (secondary N) is 4. The summed E-state index contributed by atoms with van der Waals surface area (Å²) >= 11 is 0. The van der Waals surface area contributed by atoms with Gasteiger partial charge in [-0.15, -0.1) is 0 Å². The van der Waals surface area contributed by atoms with Crippen LogP contribution in [0.1, 0.15) is 149 Å². The lowest BCUT2D eigenvalue weighted by Gasteiger charge is -2.39. The molecule has 0 radical (unpaired) electrons. The van der Waals surface area contributed by atoms with Crippen molar-refractivity contribution in [2.24, 2.45) is 35.5 Å². The van der Waals surface area contributed by atoms with Crippen molar-refractivity contribution in [3.63, 3.8) is 0 Å². The minimum atomic E-state index is -2.99. The highest BCUT2D eigenvalue weighted by Gasteiger charge is 2.51. The number of hydrogen-bond donors (Lipinski definition) is 4. The van der Waals surface area contributed by atoms with Gasteiger partial charge in [0.05, 0.1) is 18.8 Å². The molecule has 3 saturated heterocycles. The molecule has 3 aliphatic heterocycles. The molecule has 3 heterocycles. The first-order valence-electron chi connectivity index (χ1n) is 32.5. The average molecular weight is 1290 g/mol. The van der Waals surface area contributed by atoms with Crippen LogP contribution >= 0.6 is 0 Å². The van der Waals surface area contributed by atoms with Gasteiger partial charge < -0.3 is 60.3 Å². The third-order valence-electron chi connectivity index (χ3n) is 18.3. The molecule has 0 aliphatic carbocycles. The quantitative estimate of drug-likeness (QED) is 0.182. The van der Waals surface area contributed by atoms with Crippen molar-refractivity contribution in [3.05, 3.63) is 12.2 Å². The Morgan fingerprint density at radius 3 is 1.52 bits per heavy atom. The number of likely N-dealkylation sites (tertiary alicyclic amines) is 1. The third kappa shape index (κ3) is 20.1. The largest absolute Gasteiger partial charge is 0.370 e. The molecule has 4 N–H and O–H groups in total. The van der Waals surface area contributed by atoms with Crippen LogP contribution in [0, 0.1) is 35.5 Å². The van der Waals surface area contributed by atoms with Gasteiger partial charge in [0.15, 0.2) is 0 Å². The molecule has 91 heavy (non-hydrogen) atoms. The molecule has 0 aromatic carbocycles. The number of ether oxygens (including phenoxy) is 1. The molecule has 15 atom stereocenters. The Kier molecular flexibility index (Phi) is 29.5. The summed E-state index contributed by atoms with van der Waals surface area (Å²) in [6, 6.07) is -14.2. The first-order valence-corrected chi connectivity index (χ1v) is 32.5. The number of rotatable bonds is 14. The van der Waals surface area contributed by atoms with E-state index in [1.807, 2.05) is 67.5 Å². The summed E-state index contributed by atoms with van der Waals surface area (Å²) in [5, 5.41) is 11.0. The molecule has 11 amide bonds. The number of likely N-dealkylation sites (N-methyl/N-ethyl adjacent to an activating group) is 7. The van der Waals surface area contributed by atoms with Crippen LogP contribution in [-0.4, -0.2) is 258 Å². The summed E-state index contributed by atoms with van der Waals surface area (Å²) in [7, 11) is 9.84. The van der Waals surface area contributed by atoms with Gasteiger partial charge in [-0.1, -0.05) is 88.3 Å². The number of amides is 11. The van der Waals surface area contributed by atoms with Gasteiger partial charge in [0, 0.05) is 68.8 Å². The van der Waals surface area contributed by atoms with Gasteiger partial charge in [-0.25, -0.2) is 8.78 Å². The molecule has 0 spiro atoms. The van der Waals surface area contributed by atoms with Gasteiger partial charge in [0.1, 0.15) is 66.5 Å². The Balaban J connectivity index is 2.34. The number of allylic oxidation sites excluding steroid dienone is 2. The number of halogens is 2. The number of fused-ring (bicyclic) bond motifs is 3. The van der Waals surface area contributed by atoms with Gasteiger partial charge in [-0.3, -0.25) is 57.6 Å². The molecule has 0 saturated carbocycles. The van der Waals surface area contributed by atoms with E-state index >= 15 is 24.0 Å². The molecule has 2 bridgehead atoms. The number of nitrogens with zero attached hydrogens (tertiary/aromatic N) is 8. The summed E-state index contributed by atoms with van der Waals surface area (Å²) in [6.45, 7) is 26.7. The van der Waals surface area contributed by atoms with Crippen molar-refractivity contribution in [3.8, 4) is 0 Å². The van der Waals surface area contributed by atoms with Crippen LogP contribution in [-0.2, 0) is 57.5 Å². The molecular formula is C65H112F2N12O12. The van der Waals surface area contributed by atoms with E-state index in [9.17, 15) is 37.5 Å². The first-order chi connectivity index (χ1) is 42.1. The predicted molar refractivity (Wildman–Crippen MR) is 342 cm³/mol. The number of carbonyl (C=O) groups excluding carboxylic acids is 11. The van der Waals surface area contributed by atoms with Crippen LogP contribution in [0.4, 0.5) is 8.78 Å². The Morgan fingerprint density at radius 2 is 1.02 bits per heavy atom. The van der Waals surface area contributed by atoms with Gasteiger partial charge in [0.25, 0.3) is 5.92 Å². The van der Waals surface area contributed by atoms with Crippen LogP contribution < -0.4 is 21.3 Å². The summed E-state index contributed by atoms with van der Waals surface area (Å²) in [4.78, 5) is 173. The number of alkyl halides is 2. The smallest absolute Gasteiger partial charge is 0.261 e. The summed E-state index contributed by atoms with van der Waals surface area (Å²) < 4.78 is 36.1. The number of hydrogen-bond acceptors (Lipinski definition) is 13. The van der Waals surface area contributed by atoms with Crippen molar-refractivity contribution in [2.75, 3.05) is 69.0 Å². The lowest BCUT2D eigenvalue weighted by Crippen LogP contribution is -2.63. The molecule has 26 heteroatoms. The highest BCUT2D eigenvalue weighted by Crippen LogP contribution is 2.32. The van der Waals surface area contributed by atoms with Crippen molar-refractivity contribution in [2.45, 2.75) is 234 Å². The lowest BCUT2D eigenvalue weighted by atomic mass is 9.92. The molecule has 1 unspecified atom stereocenters. The topological polar surface area (TPSA) is 271 Å². The zero-order valence-electron chi connectivity index (χ0n) is 58.7. The van der Waals surface area contributed by atoms with Crippen molar-refractivity contribution in [1.82, 2.24) is 60.5 Å². The normalized spacial score (nSPS) is 30.5. The van der Waals surface area contributed by atoms with E-state index in [1.165, 1.54) is 99.5 Å². The Hall–Kier alpha value is -6.31. The zero-order valence-corrected chi connectivity index (χ0v) is 58.7. The molecule has 0 aromatic heterocycles. The second-order valence-corrected chi connectivity index (χ2v) is 27.7. The van der Waals surface area contributed by atoms with E-state index in [2.05, 4.69) is 21.3 Å². The Labute approximate surface area is 540 Å². The monoisotopic (exact) mass is 1290 g/mol. The van der Waals surface area contributed by atoms with Crippen molar-refractivity contribution < 1.29 is 66.3 Å². The molecule has 3 aliphatic rings. The standard InChI is InChI=1S/C65H112F2N12O12/c1-24-26-27-39(11)53-52-57(83)70-45(25-2)60(86)72(17)43(15)59(85)76(21)50(40(12)33-79-29-28-65(66,67)34-79)56(82)71-49(38(9)10)63(89)73(18)46(30-35(3)4)55(81)68-41(13)54(80)69-42(14)58(84)74(19)47(31-36(5)6)61(87)75(20)48(32-37(7)8)62(88)77(22)51(44(16)91-53)64(90)78(52)23/h24,26,35-53H,25,27-34H2,1-23H3,(H,68,81)(H,69,80)(H,70,83)(H,71,82)/b26-24+/t39-,40-,41+,42-,43-,44?,45+,46+,47+,48+,49+,50+,51+,52+,53-/m1/s1. The van der Waals surface area contributed by atoms with Crippen LogP contribution in [0.25, 0.3) is 0 Å². The summed E-state index contributed by atoms with van der Waals surface area (Å²) in [5.41, 5.74) is 0. The van der Waals surface area contributed by atoms with Gasteiger partial charge in [-0.05, 0) is 102 Å². The van der Waals surface area contributed by atoms with E-state index in [0.29, 0.717) is 6.42 Å². The minimum absolute atomic E-state index is 0.00572. The van der Waals surface area contributed by atoms with E-state index in [1.54, 1.807) is 34.6 Å². The van der Waals surface area contributed by atoms with Gasteiger partial charge in [0.2, 0.25) is 65.0 Å². The maximum Gasteiger partial charge on any atom is 0.261 e. The van der Waals surface area contributed by atoms with E-state index in [4.69, 9.17) is 4.74 Å². The molecule has 0 aromatic rings. The maximum atomic E-state index is 15.2. The van der Waals surface area contributed by atoms with Crippen LogP contribution in [0.2, 0.25) is 0 Å². The van der Waals surface area contributed by atoms with E-state index in [-0.39, 0.29) is 56.5 Å². The third-order valence-corrected chi connectivity index (χ3v) is 18.3. The van der Waals surface area contributed by atoms with Crippen LogP contribution in [0.5, 0.6) is 0 Å². The highest BCUT2D eigenvalue weighted by atomic mass is 19.3. The summed E-state index contributed by atoms with van der Waals surface area (Å²) in [5.74, 6) is -13.2. The second-order valence-electron chi connectivity index (χ2n) is 27.7. The molecule has 3 fully saturated rings. The molecular weight excluding hydrogens is 1180 g/mol. The van der Waals surface area contributed by atoms with Crippen LogP contribution in [0.3, 0.4) is 0 Å². The number of carbonyl (C=O) groups is 11. The van der Waals surface area contributed by atoms with Crippen molar-refractivity contribution >= 4 is 65.0 Å². The first kappa shape index (κ1) is 78.9. The Bertz CT molecular complexity index is 2610. The van der Waals surface area contributed by atoms with Crippen molar-refractivity contribution in [1.29, 1.82) is 0 Å². The van der Waals surface area contributed by atoms with Gasteiger partial charge >= 0.3 is 0 Å². The molecule has 3 rings (SSSR count). The predicted octanol–water partition coefficient (Wildman–Crippen LogP) is 3.36. The lowest BCUT2D eigenvalue weighted by molar-refractivity contribution is -0.155. The highest BCUT2D eigenvalue weighted by molar-refractivity contribution is 6.00. The van der Waals surface area contributed by atoms with E-state index < -0.39 is 180 Å². The van der Waals surface area contributed by atoms with Gasteiger partial charge in [-0.2, -0.15) is 0 Å². The fourth-order valence-electron chi connectivity index (χ4n) is 12.6. The fourth-order valence-corrected chi connectivity index (χ4v) is 12.6. The molecule has 24 nitrogen and oxygen atoms in total. The fraction of sp³-hybridized carbons (Fsp3) is 0.800. The zero-order chi connectivity index (χ0) is 69.8. The second kappa shape index (κ2) is 34.0. The maximum absolute atomic E-state index is 15.2. The van der Waals surface area contributed by atoms with Crippen LogP contribution in [0.15, 0.2) is 12.2 Å². The van der Waals surface area contributed by atoms with E-state index in [0.717, 1.165) is 9.80 Å².